The highest BCUT2D eigenvalue weighted by molar-refractivity contribution is 7.93. The topological polar surface area (TPSA) is 203 Å². The van der Waals surface area contributed by atoms with Crippen molar-refractivity contribution in [2.24, 2.45) is 0 Å². The van der Waals surface area contributed by atoms with Crippen LogP contribution < -0.4 is 14.8 Å². The molecule has 13 nitrogen and oxygen atoms in total. The first kappa shape index (κ1) is 23.8. The maximum atomic E-state index is 12.8. The van der Waals surface area contributed by atoms with Gasteiger partial charge in [-0.3, -0.25) is 9.44 Å². The van der Waals surface area contributed by atoms with Gasteiger partial charge < -0.3 is 10.4 Å². The van der Waals surface area contributed by atoms with Gasteiger partial charge in [0.15, 0.2) is 0 Å². The number of phenols is 1. The van der Waals surface area contributed by atoms with Crippen molar-refractivity contribution in [3.63, 3.8) is 0 Å². The highest BCUT2D eigenvalue weighted by Crippen LogP contribution is 2.34. The number of nitrogens with zero attached hydrogens (tertiary/aromatic N) is 4. The molecule has 0 amide bonds. The van der Waals surface area contributed by atoms with Crippen LogP contribution in [0.25, 0.3) is 5.57 Å². The second kappa shape index (κ2) is 9.32. The summed E-state index contributed by atoms with van der Waals surface area (Å²) in [4.78, 5) is -0.434. The van der Waals surface area contributed by atoms with Crippen molar-refractivity contribution in [1.82, 2.24) is 20.6 Å². The summed E-state index contributed by atoms with van der Waals surface area (Å²) < 4.78 is 52.9. The molecule has 5 N–H and O–H groups in total. The monoisotopic (exact) mass is 510 g/mol. The smallest absolute Gasteiger partial charge is 0.263 e. The van der Waals surface area contributed by atoms with Crippen molar-refractivity contribution in [2.45, 2.75) is 4.90 Å². The Bertz CT molecular complexity index is 1470. The van der Waals surface area contributed by atoms with Gasteiger partial charge in [-0.2, -0.15) is 10.5 Å². The number of allylic oxidation sites excluding steroid dienone is 1. The molecule has 0 aliphatic heterocycles. The first-order valence-corrected chi connectivity index (χ1v) is 12.5. The van der Waals surface area contributed by atoms with Gasteiger partial charge in [-0.05, 0) is 29.5 Å². The molecule has 0 bridgehead atoms. The first-order chi connectivity index (χ1) is 15.5. The molecule has 0 radical (unpaired) electrons. The van der Waals surface area contributed by atoms with E-state index in [4.69, 9.17) is 11.6 Å². The summed E-state index contributed by atoms with van der Waals surface area (Å²) in [5.41, 5.74) is 0.200. The van der Waals surface area contributed by atoms with Crippen molar-refractivity contribution in [2.75, 3.05) is 21.0 Å². The summed E-state index contributed by atoms with van der Waals surface area (Å²) in [7, 11) is -7.82. The molecule has 3 rings (SSSR count). The molecule has 33 heavy (non-hydrogen) atoms. The zero-order valence-corrected chi connectivity index (χ0v) is 19.0. The van der Waals surface area contributed by atoms with Crippen molar-refractivity contribution in [3.05, 3.63) is 53.4 Å². The summed E-state index contributed by atoms with van der Waals surface area (Å²) in [5.74, 6) is -0.472. The SMILES string of the molecule is CS(=O)(=O)Nc1cccc(NS(=O)(=O)c2cc(O)c(NC=C(C#N)c3nn[nH]n3)cc2Cl)c1. The van der Waals surface area contributed by atoms with Gasteiger partial charge >= 0.3 is 0 Å². The molecule has 2 aromatic carbocycles. The third-order valence-corrected chi connectivity index (χ3v) is 6.29. The van der Waals surface area contributed by atoms with Gasteiger partial charge in [0, 0.05) is 12.3 Å². The summed E-state index contributed by atoms with van der Waals surface area (Å²) in [6.07, 6.45) is 2.14. The predicted molar refractivity (Wildman–Crippen MR) is 120 cm³/mol. The third-order valence-electron chi connectivity index (χ3n) is 3.84. The number of aromatic amines is 1. The average Bonchev–Trinajstić information content (AvgIpc) is 3.24. The van der Waals surface area contributed by atoms with E-state index < -0.39 is 30.7 Å². The fourth-order valence-electron chi connectivity index (χ4n) is 2.51. The van der Waals surface area contributed by atoms with Crippen LogP contribution in [0.1, 0.15) is 5.82 Å². The van der Waals surface area contributed by atoms with E-state index in [0.29, 0.717) is 0 Å². The van der Waals surface area contributed by atoms with Crippen LogP contribution in [0, 0.1) is 11.3 Å². The van der Waals surface area contributed by atoms with E-state index in [1.54, 1.807) is 0 Å². The number of halogens is 1. The van der Waals surface area contributed by atoms with Crippen LogP contribution in [-0.2, 0) is 20.0 Å². The van der Waals surface area contributed by atoms with Crippen molar-refractivity contribution in [3.8, 4) is 11.8 Å². The number of phenolic OH excluding ortho intramolecular Hbond substituents is 1. The number of aromatic hydroxyl groups is 1. The fraction of sp³-hybridized carbons (Fsp3) is 0.0588. The quantitative estimate of drug-likeness (QED) is 0.219. The molecule has 172 valence electrons. The fourth-order valence-corrected chi connectivity index (χ4v) is 4.66. The molecule has 1 heterocycles. The molecule has 0 spiro atoms. The molecule has 16 heteroatoms. The Kier molecular flexibility index (Phi) is 6.72. The molecular weight excluding hydrogens is 496 g/mol. The lowest BCUT2D eigenvalue weighted by atomic mass is 10.2. The van der Waals surface area contributed by atoms with Crippen LogP contribution in [0.5, 0.6) is 5.75 Å². The highest BCUT2D eigenvalue weighted by atomic mass is 35.5. The van der Waals surface area contributed by atoms with Crippen molar-refractivity contribution in [1.29, 1.82) is 5.26 Å². The van der Waals surface area contributed by atoms with Crippen LogP contribution in [0.4, 0.5) is 17.1 Å². The second-order valence-electron chi connectivity index (χ2n) is 6.41. The molecule has 0 fully saturated rings. The Morgan fingerprint density at radius 3 is 2.48 bits per heavy atom. The number of sulfonamides is 2. The lowest BCUT2D eigenvalue weighted by Crippen LogP contribution is -2.14. The number of anilines is 3. The van der Waals surface area contributed by atoms with Gasteiger partial charge in [-0.25, -0.2) is 16.8 Å². The standard InChI is InChI=1S/C17H15ClN8O5S2/c1-32(28,29)23-11-3-2-4-12(5-11)24-33(30,31)16-7-15(27)14(6-13(16)18)20-9-10(8-19)17-21-25-26-22-17/h2-7,9,20,23-24,27H,1H3,(H,21,22,25,26). The maximum absolute atomic E-state index is 12.8. The second-order valence-corrected chi connectivity index (χ2v) is 10.2. The Morgan fingerprint density at radius 1 is 1.18 bits per heavy atom. The van der Waals surface area contributed by atoms with Crippen LogP contribution in [0.15, 0.2) is 47.5 Å². The number of hydrogen-bond donors (Lipinski definition) is 5. The highest BCUT2D eigenvalue weighted by Gasteiger charge is 2.21. The maximum Gasteiger partial charge on any atom is 0.263 e. The minimum Gasteiger partial charge on any atom is -0.506 e. The van der Waals surface area contributed by atoms with Crippen LogP contribution >= 0.6 is 11.6 Å². The van der Waals surface area contributed by atoms with E-state index >= 15 is 0 Å². The van der Waals surface area contributed by atoms with Gasteiger partial charge in [-0.1, -0.05) is 17.7 Å². The summed E-state index contributed by atoms with van der Waals surface area (Å²) in [5, 5.41) is 34.7. The summed E-state index contributed by atoms with van der Waals surface area (Å²) >= 11 is 6.13. The average molecular weight is 511 g/mol. The number of nitriles is 1. The van der Waals surface area contributed by atoms with Gasteiger partial charge in [0.25, 0.3) is 10.0 Å². The number of benzene rings is 2. The molecule has 0 atom stereocenters. The normalized spacial score (nSPS) is 12.1. The Labute approximate surface area is 193 Å². The molecule has 0 aliphatic carbocycles. The molecule has 3 aromatic rings. The first-order valence-electron chi connectivity index (χ1n) is 8.72. The predicted octanol–water partition coefficient (Wildman–Crippen LogP) is 1.71. The number of hydrogen-bond acceptors (Lipinski definition) is 10. The number of aromatic nitrogens is 4. The van der Waals surface area contributed by atoms with E-state index in [1.807, 2.05) is 6.07 Å². The van der Waals surface area contributed by atoms with E-state index in [0.717, 1.165) is 18.4 Å². The Morgan fingerprint density at radius 2 is 1.88 bits per heavy atom. The lowest BCUT2D eigenvalue weighted by molar-refractivity contribution is 0.475. The van der Waals surface area contributed by atoms with Crippen LogP contribution in [0.3, 0.4) is 0 Å². The number of nitrogens with one attached hydrogen (secondary N) is 4. The third kappa shape index (κ3) is 6.10. The molecular formula is C17H15ClN8O5S2. The zero-order chi connectivity index (χ0) is 24.2. The molecule has 0 unspecified atom stereocenters. The van der Waals surface area contributed by atoms with Crippen molar-refractivity contribution < 1.29 is 21.9 Å². The van der Waals surface area contributed by atoms with Gasteiger partial charge in [0.05, 0.1) is 28.3 Å². The van der Waals surface area contributed by atoms with Gasteiger partial charge in [0.1, 0.15) is 22.3 Å². The number of H-pyrrole nitrogens is 1. The van der Waals surface area contributed by atoms with E-state index in [-0.39, 0.29) is 33.5 Å². The minimum absolute atomic E-state index is 0.00609. The zero-order valence-electron chi connectivity index (χ0n) is 16.6. The molecule has 0 aliphatic rings. The Balaban J connectivity index is 1.86. The Hall–Kier alpha value is -3.87. The lowest BCUT2D eigenvalue weighted by Gasteiger charge is -2.13. The molecule has 0 saturated carbocycles. The van der Waals surface area contributed by atoms with E-state index in [2.05, 4.69) is 35.4 Å². The molecule has 1 aromatic heterocycles. The summed E-state index contributed by atoms with van der Waals surface area (Å²) in [6, 6.07) is 9.47. The van der Waals surface area contributed by atoms with E-state index in [9.17, 15) is 27.2 Å². The van der Waals surface area contributed by atoms with Crippen LogP contribution in [-0.4, -0.2) is 48.8 Å². The van der Waals surface area contributed by atoms with E-state index in [1.165, 1.54) is 30.5 Å². The summed E-state index contributed by atoms with van der Waals surface area (Å²) in [6.45, 7) is 0. The van der Waals surface area contributed by atoms with Gasteiger partial charge in [-0.15, -0.1) is 10.2 Å². The number of tetrazole rings is 1. The van der Waals surface area contributed by atoms with Gasteiger partial charge in [0.2, 0.25) is 15.8 Å². The largest absolute Gasteiger partial charge is 0.506 e. The molecule has 0 saturated heterocycles. The minimum atomic E-state index is -4.26. The number of rotatable bonds is 8. The van der Waals surface area contributed by atoms with Crippen molar-refractivity contribution >= 4 is 54.3 Å². The van der Waals surface area contributed by atoms with Crippen LogP contribution in [0.2, 0.25) is 5.02 Å².